The van der Waals surface area contributed by atoms with E-state index in [4.69, 9.17) is 9.47 Å². The summed E-state index contributed by atoms with van der Waals surface area (Å²) >= 11 is 0. The van der Waals surface area contributed by atoms with Gasteiger partial charge in [-0.1, -0.05) is 29.8 Å². The van der Waals surface area contributed by atoms with Crippen molar-refractivity contribution in [3.63, 3.8) is 0 Å². The zero-order valence-electron chi connectivity index (χ0n) is 14.5. The summed E-state index contributed by atoms with van der Waals surface area (Å²) in [5, 5.41) is 3.14. The Morgan fingerprint density at radius 1 is 1.21 bits per heavy atom. The SMILES string of the molecule is Cc1ccc(CC(=O)NCC(C2CCOC2)N2CCOCC2)cc1. The fourth-order valence-electron chi connectivity index (χ4n) is 3.53. The first-order valence-electron chi connectivity index (χ1n) is 8.94. The monoisotopic (exact) mass is 332 g/mol. The van der Waals surface area contributed by atoms with E-state index in [1.165, 1.54) is 5.56 Å². The van der Waals surface area contributed by atoms with E-state index < -0.39 is 0 Å². The van der Waals surface area contributed by atoms with Crippen molar-refractivity contribution in [2.24, 2.45) is 5.92 Å². The van der Waals surface area contributed by atoms with Gasteiger partial charge in [-0.25, -0.2) is 0 Å². The topological polar surface area (TPSA) is 50.8 Å². The highest BCUT2D eigenvalue weighted by Crippen LogP contribution is 2.21. The number of carbonyl (C=O) groups is 1. The molecule has 0 spiro atoms. The number of hydrogen-bond donors (Lipinski definition) is 1. The minimum Gasteiger partial charge on any atom is -0.381 e. The van der Waals surface area contributed by atoms with Crippen LogP contribution < -0.4 is 5.32 Å². The summed E-state index contributed by atoms with van der Waals surface area (Å²) in [6, 6.07) is 8.50. The summed E-state index contributed by atoms with van der Waals surface area (Å²) < 4.78 is 11.0. The van der Waals surface area contributed by atoms with Crippen LogP contribution in [0.15, 0.2) is 24.3 Å². The van der Waals surface area contributed by atoms with Crippen LogP contribution in [0.4, 0.5) is 0 Å². The molecule has 2 atom stereocenters. The van der Waals surface area contributed by atoms with E-state index in [-0.39, 0.29) is 5.91 Å². The van der Waals surface area contributed by atoms with Crippen LogP contribution in [0.2, 0.25) is 0 Å². The Kier molecular flexibility index (Phi) is 6.24. The zero-order chi connectivity index (χ0) is 16.8. The van der Waals surface area contributed by atoms with Gasteiger partial charge in [0.25, 0.3) is 0 Å². The molecule has 1 amide bonds. The van der Waals surface area contributed by atoms with Crippen LogP contribution >= 0.6 is 0 Å². The lowest BCUT2D eigenvalue weighted by atomic mass is 9.96. The van der Waals surface area contributed by atoms with Gasteiger partial charge in [-0.3, -0.25) is 9.69 Å². The summed E-state index contributed by atoms with van der Waals surface area (Å²) in [6.07, 6.45) is 1.52. The number of nitrogens with zero attached hydrogens (tertiary/aromatic N) is 1. The van der Waals surface area contributed by atoms with Crippen molar-refractivity contribution in [1.29, 1.82) is 0 Å². The van der Waals surface area contributed by atoms with Gasteiger partial charge < -0.3 is 14.8 Å². The first-order valence-corrected chi connectivity index (χ1v) is 8.94. The second-order valence-corrected chi connectivity index (χ2v) is 6.81. The Hall–Kier alpha value is -1.43. The van der Waals surface area contributed by atoms with Crippen molar-refractivity contribution in [3.05, 3.63) is 35.4 Å². The highest BCUT2D eigenvalue weighted by Gasteiger charge is 2.31. The molecule has 0 aromatic heterocycles. The molecule has 132 valence electrons. The van der Waals surface area contributed by atoms with Crippen LogP contribution in [0.5, 0.6) is 0 Å². The first-order chi connectivity index (χ1) is 11.7. The minimum absolute atomic E-state index is 0.0935. The van der Waals surface area contributed by atoms with Gasteiger partial charge in [-0.05, 0) is 18.9 Å². The molecular formula is C19H28N2O3. The fourth-order valence-corrected chi connectivity index (χ4v) is 3.53. The maximum atomic E-state index is 12.3. The summed E-state index contributed by atoms with van der Waals surface area (Å²) in [7, 11) is 0. The lowest BCUT2D eigenvalue weighted by Gasteiger charge is -2.37. The van der Waals surface area contributed by atoms with Gasteiger partial charge in [-0.2, -0.15) is 0 Å². The standard InChI is InChI=1S/C19H28N2O3/c1-15-2-4-16(5-3-15)12-19(22)20-13-18(17-6-9-24-14-17)21-7-10-23-11-8-21/h2-5,17-18H,6-14H2,1H3,(H,20,22). The van der Waals surface area contributed by atoms with Gasteiger partial charge in [0.1, 0.15) is 0 Å². The van der Waals surface area contributed by atoms with Gasteiger partial charge in [0.15, 0.2) is 0 Å². The molecule has 0 aliphatic carbocycles. The third-order valence-electron chi connectivity index (χ3n) is 5.02. The van der Waals surface area contributed by atoms with Crippen molar-refractivity contribution in [2.75, 3.05) is 46.1 Å². The summed E-state index contributed by atoms with van der Waals surface area (Å²) in [6.45, 7) is 7.82. The van der Waals surface area contributed by atoms with E-state index in [1.807, 2.05) is 12.1 Å². The molecule has 5 nitrogen and oxygen atoms in total. The smallest absolute Gasteiger partial charge is 0.224 e. The van der Waals surface area contributed by atoms with Gasteiger partial charge in [0.05, 0.1) is 26.2 Å². The largest absolute Gasteiger partial charge is 0.381 e. The summed E-state index contributed by atoms with van der Waals surface area (Å²) in [5.74, 6) is 0.596. The molecular weight excluding hydrogens is 304 g/mol. The molecule has 0 bridgehead atoms. The van der Waals surface area contributed by atoms with Crippen molar-refractivity contribution in [1.82, 2.24) is 10.2 Å². The van der Waals surface area contributed by atoms with E-state index in [2.05, 4.69) is 29.3 Å². The molecule has 0 saturated carbocycles. The molecule has 2 unspecified atom stereocenters. The molecule has 1 N–H and O–H groups in total. The molecule has 5 heteroatoms. The second-order valence-electron chi connectivity index (χ2n) is 6.81. The number of carbonyl (C=O) groups excluding carboxylic acids is 1. The van der Waals surface area contributed by atoms with Crippen LogP contribution in [0.25, 0.3) is 0 Å². The number of morpholine rings is 1. The minimum atomic E-state index is 0.0935. The van der Waals surface area contributed by atoms with Crippen LogP contribution in [0, 0.1) is 12.8 Å². The average Bonchev–Trinajstić information content (AvgIpc) is 3.12. The number of amides is 1. The molecule has 2 aliphatic heterocycles. The van der Waals surface area contributed by atoms with E-state index >= 15 is 0 Å². The number of ether oxygens (including phenoxy) is 2. The van der Waals surface area contributed by atoms with Crippen molar-refractivity contribution in [2.45, 2.75) is 25.8 Å². The number of rotatable bonds is 6. The fraction of sp³-hybridized carbons (Fsp3) is 0.632. The van der Waals surface area contributed by atoms with Crippen molar-refractivity contribution < 1.29 is 14.3 Å². The van der Waals surface area contributed by atoms with Crippen molar-refractivity contribution in [3.8, 4) is 0 Å². The maximum Gasteiger partial charge on any atom is 0.224 e. The zero-order valence-corrected chi connectivity index (χ0v) is 14.5. The molecule has 1 aromatic rings. The summed E-state index contributed by atoms with van der Waals surface area (Å²) in [5.41, 5.74) is 2.28. The van der Waals surface area contributed by atoms with E-state index in [0.29, 0.717) is 24.9 Å². The molecule has 2 saturated heterocycles. The number of benzene rings is 1. The lowest BCUT2D eigenvalue weighted by molar-refractivity contribution is -0.120. The molecule has 2 aliphatic rings. The van der Waals surface area contributed by atoms with Crippen LogP contribution in [0.3, 0.4) is 0 Å². The van der Waals surface area contributed by atoms with E-state index in [1.54, 1.807) is 0 Å². The molecule has 2 heterocycles. The second kappa shape index (κ2) is 8.60. The van der Waals surface area contributed by atoms with Gasteiger partial charge in [0.2, 0.25) is 5.91 Å². The normalized spacial score (nSPS) is 23.1. The molecule has 1 aromatic carbocycles. The Morgan fingerprint density at radius 3 is 2.62 bits per heavy atom. The van der Waals surface area contributed by atoms with Gasteiger partial charge >= 0.3 is 0 Å². The summed E-state index contributed by atoms with van der Waals surface area (Å²) in [4.78, 5) is 14.8. The number of aryl methyl sites for hydroxylation is 1. The highest BCUT2D eigenvalue weighted by molar-refractivity contribution is 5.78. The predicted molar refractivity (Wildman–Crippen MR) is 93.0 cm³/mol. The quantitative estimate of drug-likeness (QED) is 0.855. The van der Waals surface area contributed by atoms with Crippen molar-refractivity contribution >= 4 is 5.91 Å². The predicted octanol–water partition coefficient (Wildman–Crippen LogP) is 1.39. The lowest BCUT2D eigenvalue weighted by Crippen LogP contribution is -2.52. The van der Waals surface area contributed by atoms with Crippen LogP contribution in [-0.4, -0.2) is 62.9 Å². The van der Waals surface area contributed by atoms with Crippen LogP contribution in [0.1, 0.15) is 17.5 Å². The van der Waals surface area contributed by atoms with E-state index in [9.17, 15) is 4.79 Å². The highest BCUT2D eigenvalue weighted by atomic mass is 16.5. The molecule has 0 radical (unpaired) electrons. The Balaban J connectivity index is 1.53. The van der Waals surface area contributed by atoms with Gasteiger partial charge in [0, 0.05) is 38.2 Å². The third kappa shape index (κ3) is 4.79. The Labute approximate surface area is 144 Å². The Morgan fingerprint density at radius 2 is 1.96 bits per heavy atom. The average molecular weight is 332 g/mol. The first kappa shape index (κ1) is 17.4. The molecule has 3 rings (SSSR count). The van der Waals surface area contributed by atoms with E-state index in [0.717, 1.165) is 51.5 Å². The number of hydrogen-bond acceptors (Lipinski definition) is 4. The molecule has 2 fully saturated rings. The van der Waals surface area contributed by atoms with Gasteiger partial charge in [-0.15, -0.1) is 0 Å². The molecule has 24 heavy (non-hydrogen) atoms. The third-order valence-corrected chi connectivity index (χ3v) is 5.02. The Bertz CT molecular complexity index is 520. The number of nitrogens with one attached hydrogen (secondary N) is 1. The maximum absolute atomic E-state index is 12.3. The van der Waals surface area contributed by atoms with Crippen LogP contribution in [-0.2, 0) is 20.7 Å².